The first kappa shape index (κ1) is 17.5. The highest BCUT2D eigenvalue weighted by Gasteiger charge is 2.41. The number of rotatable bonds is 3. The molecule has 2 saturated heterocycles. The minimum absolute atomic E-state index is 0.0609. The number of halogens is 1. The Labute approximate surface area is 145 Å². The summed E-state index contributed by atoms with van der Waals surface area (Å²) in [7, 11) is 0.888. The molecule has 0 radical (unpaired) electrons. The normalized spacial score (nSPS) is 25.6. The summed E-state index contributed by atoms with van der Waals surface area (Å²) in [5, 5.41) is -0.0609. The van der Waals surface area contributed by atoms with E-state index in [4.69, 9.17) is 0 Å². The summed E-state index contributed by atoms with van der Waals surface area (Å²) in [5.41, 5.74) is -0.293. The fraction of sp³-hybridized carbons (Fsp3) is 0.611. The molecule has 1 amide bonds. The lowest BCUT2D eigenvalue weighted by Crippen LogP contribution is -2.47. The summed E-state index contributed by atoms with van der Waals surface area (Å²) >= 11 is 0. The molecule has 0 aromatic heterocycles. The van der Waals surface area contributed by atoms with Gasteiger partial charge in [-0.05, 0) is 63.7 Å². The van der Waals surface area contributed by atoms with E-state index < -0.39 is 10.8 Å². The molecule has 1 aromatic carbocycles. The van der Waals surface area contributed by atoms with Gasteiger partial charge in [-0.2, -0.15) is 0 Å². The van der Waals surface area contributed by atoms with E-state index >= 15 is 0 Å². The standard InChI is InChI=1S/C18H25FN2O2S/c1-18(8-11-20(2)12-9-18)17(22)21-10-7-16(13-21)24(23)15-5-3-14(19)4-6-15/h3-6,16H,7-13H2,1-2H3. The zero-order valence-electron chi connectivity index (χ0n) is 14.3. The smallest absolute Gasteiger partial charge is 0.228 e. The van der Waals surface area contributed by atoms with E-state index in [9.17, 15) is 13.4 Å². The van der Waals surface area contributed by atoms with Crippen molar-refractivity contribution in [3.05, 3.63) is 30.1 Å². The monoisotopic (exact) mass is 352 g/mol. The lowest BCUT2D eigenvalue weighted by atomic mass is 9.79. The Bertz CT molecular complexity index is 626. The van der Waals surface area contributed by atoms with Crippen molar-refractivity contribution in [3.63, 3.8) is 0 Å². The zero-order chi connectivity index (χ0) is 17.3. The second-order valence-electron chi connectivity index (χ2n) is 7.28. The molecule has 0 N–H and O–H groups in total. The van der Waals surface area contributed by atoms with Gasteiger partial charge in [0.05, 0.1) is 16.0 Å². The summed E-state index contributed by atoms with van der Waals surface area (Å²) in [5.74, 6) is -0.122. The fourth-order valence-electron chi connectivity index (χ4n) is 3.56. The van der Waals surface area contributed by atoms with Crippen LogP contribution in [-0.4, -0.2) is 58.4 Å². The van der Waals surface area contributed by atoms with Crippen molar-refractivity contribution in [3.8, 4) is 0 Å². The van der Waals surface area contributed by atoms with E-state index in [1.165, 1.54) is 12.1 Å². The number of hydrogen-bond acceptors (Lipinski definition) is 3. The van der Waals surface area contributed by atoms with Crippen molar-refractivity contribution in [2.24, 2.45) is 5.41 Å². The molecule has 4 nitrogen and oxygen atoms in total. The Hall–Kier alpha value is -1.27. The molecule has 1 aromatic rings. The third kappa shape index (κ3) is 3.54. The van der Waals surface area contributed by atoms with Crippen LogP contribution in [0.5, 0.6) is 0 Å². The van der Waals surface area contributed by atoms with Gasteiger partial charge in [-0.25, -0.2) is 4.39 Å². The molecule has 2 fully saturated rings. The second kappa shape index (κ2) is 6.92. The van der Waals surface area contributed by atoms with Crippen molar-refractivity contribution in [1.29, 1.82) is 0 Å². The van der Waals surface area contributed by atoms with Crippen molar-refractivity contribution in [1.82, 2.24) is 9.80 Å². The molecule has 0 bridgehead atoms. The van der Waals surface area contributed by atoms with E-state index in [1.54, 1.807) is 12.1 Å². The van der Waals surface area contributed by atoms with Crippen LogP contribution in [0.15, 0.2) is 29.2 Å². The Balaban J connectivity index is 1.63. The second-order valence-corrected chi connectivity index (χ2v) is 9.01. The van der Waals surface area contributed by atoms with Gasteiger partial charge in [0.25, 0.3) is 0 Å². The quantitative estimate of drug-likeness (QED) is 0.838. The largest absolute Gasteiger partial charge is 0.341 e. The lowest BCUT2D eigenvalue weighted by Gasteiger charge is -2.39. The van der Waals surface area contributed by atoms with E-state index in [0.717, 1.165) is 32.4 Å². The first-order chi connectivity index (χ1) is 11.4. The van der Waals surface area contributed by atoms with Crippen LogP contribution in [0, 0.1) is 11.2 Å². The maximum atomic E-state index is 13.0. The van der Waals surface area contributed by atoms with Gasteiger partial charge < -0.3 is 9.80 Å². The van der Waals surface area contributed by atoms with Crippen LogP contribution in [0.3, 0.4) is 0 Å². The molecule has 2 heterocycles. The van der Waals surface area contributed by atoms with Crippen LogP contribution in [0.2, 0.25) is 0 Å². The van der Waals surface area contributed by atoms with Crippen LogP contribution in [-0.2, 0) is 15.6 Å². The molecule has 132 valence electrons. The minimum Gasteiger partial charge on any atom is -0.341 e. The van der Waals surface area contributed by atoms with Crippen LogP contribution >= 0.6 is 0 Å². The number of carbonyl (C=O) groups is 1. The molecule has 2 aliphatic heterocycles. The van der Waals surface area contributed by atoms with Gasteiger partial charge in [0.2, 0.25) is 5.91 Å². The molecule has 24 heavy (non-hydrogen) atoms. The van der Waals surface area contributed by atoms with Gasteiger partial charge in [-0.1, -0.05) is 6.92 Å². The van der Waals surface area contributed by atoms with Gasteiger partial charge in [0.1, 0.15) is 5.82 Å². The summed E-state index contributed by atoms with van der Waals surface area (Å²) < 4.78 is 25.7. The SMILES string of the molecule is CN1CCC(C)(C(=O)N2CCC(S(=O)c3ccc(F)cc3)C2)CC1. The summed E-state index contributed by atoms with van der Waals surface area (Å²) in [6.07, 6.45) is 2.50. The number of amides is 1. The molecule has 0 aliphatic carbocycles. The highest BCUT2D eigenvalue weighted by atomic mass is 32.2. The molecule has 3 rings (SSSR count). The van der Waals surface area contributed by atoms with Crippen LogP contribution in [0.4, 0.5) is 4.39 Å². The summed E-state index contributed by atoms with van der Waals surface area (Å²) in [4.78, 5) is 17.7. The molecular formula is C18H25FN2O2S. The number of carbonyl (C=O) groups excluding carboxylic acids is 1. The highest BCUT2D eigenvalue weighted by Crippen LogP contribution is 2.34. The first-order valence-corrected chi connectivity index (χ1v) is 9.74. The number of likely N-dealkylation sites (tertiary alicyclic amines) is 2. The summed E-state index contributed by atoms with van der Waals surface area (Å²) in [6.45, 7) is 5.16. The third-order valence-electron chi connectivity index (χ3n) is 5.39. The summed E-state index contributed by atoms with van der Waals surface area (Å²) in [6, 6.07) is 5.83. The molecular weight excluding hydrogens is 327 g/mol. The Kier molecular flexibility index (Phi) is 5.06. The van der Waals surface area contributed by atoms with Gasteiger partial charge in [0, 0.05) is 23.4 Å². The number of nitrogens with zero attached hydrogens (tertiary/aromatic N) is 2. The van der Waals surface area contributed by atoms with Crippen LogP contribution < -0.4 is 0 Å². The van der Waals surface area contributed by atoms with Gasteiger partial charge >= 0.3 is 0 Å². The number of piperidine rings is 1. The Morgan fingerprint density at radius 3 is 2.46 bits per heavy atom. The van der Waals surface area contributed by atoms with E-state index in [0.29, 0.717) is 18.0 Å². The predicted molar refractivity (Wildman–Crippen MR) is 92.6 cm³/mol. The fourth-order valence-corrected chi connectivity index (χ4v) is 4.98. The number of hydrogen-bond donors (Lipinski definition) is 0. The minimum atomic E-state index is -1.20. The van der Waals surface area contributed by atoms with Gasteiger partial charge in [-0.3, -0.25) is 9.00 Å². The van der Waals surface area contributed by atoms with E-state index in [2.05, 4.69) is 18.9 Å². The molecule has 6 heteroatoms. The van der Waals surface area contributed by atoms with E-state index in [1.807, 2.05) is 4.90 Å². The topological polar surface area (TPSA) is 40.6 Å². The predicted octanol–water partition coefficient (Wildman–Crippen LogP) is 2.27. The Morgan fingerprint density at radius 2 is 1.83 bits per heavy atom. The average molecular weight is 352 g/mol. The average Bonchev–Trinajstić information content (AvgIpc) is 3.07. The maximum absolute atomic E-state index is 13.0. The van der Waals surface area contributed by atoms with Crippen LogP contribution in [0.1, 0.15) is 26.2 Å². The van der Waals surface area contributed by atoms with Gasteiger partial charge in [0.15, 0.2) is 0 Å². The van der Waals surface area contributed by atoms with E-state index in [-0.39, 0.29) is 22.4 Å². The Morgan fingerprint density at radius 1 is 1.21 bits per heavy atom. The third-order valence-corrected chi connectivity index (χ3v) is 7.11. The van der Waals surface area contributed by atoms with Crippen molar-refractivity contribution >= 4 is 16.7 Å². The first-order valence-electron chi connectivity index (χ1n) is 8.53. The highest BCUT2D eigenvalue weighted by molar-refractivity contribution is 7.85. The molecule has 2 atom stereocenters. The molecule has 2 unspecified atom stereocenters. The van der Waals surface area contributed by atoms with Crippen LogP contribution in [0.25, 0.3) is 0 Å². The molecule has 0 saturated carbocycles. The zero-order valence-corrected chi connectivity index (χ0v) is 15.2. The van der Waals surface area contributed by atoms with Crippen molar-refractivity contribution in [2.45, 2.75) is 36.3 Å². The number of benzene rings is 1. The molecule has 2 aliphatic rings. The maximum Gasteiger partial charge on any atom is 0.228 e. The van der Waals surface area contributed by atoms with Gasteiger partial charge in [-0.15, -0.1) is 0 Å². The van der Waals surface area contributed by atoms with Crippen molar-refractivity contribution < 1.29 is 13.4 Å². The lowest BCUT2D eigenvalue weighted by molar-refractivity contribution is -0.142. The van der Waals surface area contributed by atoms with Crippen molar-refractivity contribution in [2.75, 3.05) is 33.2 Å². The molecule has 0 spiro atoms.